The van der Waals surface area contributed by atoms with Gasteiger partial charge in [0.05, 0.1) is 17.3 Å². The number of carbonyl (C=O) groups excluding carboxylic acids is 2. The fourth-order valence-corrected chi connectivity index (χ4v) is 3.09. The predicted molar refractivity (Wildman–Crippen MR) is 113 cm³/mol. The molecule has 8 heteroatoms. The summed E-state index contributed by atoms with van der Waals surface area (Å²) in [6, 6.07) is 10.3. The number of rotatable bonds is 7. The van der Waals surface area contributed by atoms with Gasteiger partial charge in [-0.25, -0.2) is 0 Å². The Hall–Kier alpha value is -3.45. The van der Waals surface area contributed by atoms with E-state index in [9.17, 15) is 9.59 Å². The summed E-state index contributed by atoms with van der Waals surface area (Å²) < 4.78 is 5.67. The first-order valence-corrected chi connectivity index (χ1v) is 9.81. The van der Waals surface area contributed by atoms with Crippen LogP contribution in [0.4, 0.5) is 5.69 Å². The van der Waals surface area contributed by atoms with Gasteiger partial charge in [-0.05, 0) is 49.2 Å². The van der Waals surface area contributed by atoms with Crippen molar-refractivity contribution >= 4 is 29.1 Å². The number of hydrogen-bond donors (Lipinski definition) is 2. The van der Waals surface area contributed by atoms with Crippen molar-refractivity contribution in [1.29, 1.82) is 0 Å². The molecule has 0 aliphatic heterocycles. The van der Waals surface area contributed by atoms with Gasteiger partial charge >= 0.3 is 0 Å². The summed E-state index contributed by atoms with van der Waals surface area (Å²) in [5.41, 5.74) is 8.28. The molecule has 4 rings (SSSR count). The highest BCUT2D eigenvalue weighted by Crippen LogP contribution is 2.38. The number of nitrogens with two attached hydrogens (primary N) is 1. The summed E-state index contributed by atoms with van der Waals surface area (Å²) in [6.07, 6.45) is 6.77. The first-order valence-electron chi connectivity index (χ1n) is 9.43. The van der Waals surface area contributed by atoms with E-state index in [4.69, 9.17) is 22.1 Å². The number of ether oxygens (including phenoxy) is 1. The number of primary amides is 1. The number of benzene rings is 1. The summed E-state index contributed by atoms with van der Waals surface area (Å²) in [7, 11) is 0. The van der Waals surface area contributed by atoms with Gasteiger partial charge in [0.25, 0.3) is 5.91 Å². The second kappa shape index (κ2) is 8.51. The lowest BCUT2D eigenvalue weighted by atomic mass is 10.1. The zero-order chi connectivity index (χ0) is 21.1. The Kier molecular flexibility index (Phi) is 5.63. The molecule has 0 atom stereocenters. The Labute approximate surface area is 178 Å². The van der Waals surface area contributed by atoms with Crippen molar-refractivity contribution in [2.75, 3.05) is 5.32 Å². The van der Waals surface area contributed by atoms with Crippen LogP contribution in [-0.2, 0) is 6.61 Å². The minimum Gasteiger partial charge on any atom is -0.487 e. The predicted octanol–water partition coefficient (Wildman–Crippen LogP) is 3.94. The van der Waals surface area contributed by atoms with Crippen LogP contribution < -0.4 is 15.8 Å². The lowest BCUT2D eigenvalue weighted by molar-refractivity contribution is 0.0996. The van der Waals surface area contributed by atoms with Crippen LogP contribution in [0.5, 0.6) is 5.75 Å². The van der Waals surface area contributed by atoms with E-state index in [2.05, 4.69) is 15.3 Å². The molecule has 0 radical (unpaired) electrons. The zero-order valence-corrected chi connectivity index (χ0v) is 16.7. The van der Waals surface area contributed by atoms with E-state index >= 15 is 0 Å². The van der Waals surface area contributed by atoms with Crippen molar-refractivity contribution in [3.8, 4) is 5.75 Å². The highest BCUT2D eigenvalue weighted by Gasteiger charge is 2.24. The molecule has 2 heterocycles. The molecule has 30 heavy (non-hydrogen) atoms. The van der Waals surface area contributed by atoms with Crippen molar-refractivity contribution in [2.24, 2.45) is 5.73 Å². The number of amides is 2. The highest BCUT2D eigenvalue weighted by atomic mass is 35.5. The van der Waals surface area contributed by atoms with E-state index in [0.717, 1.165) is 18.5 Å². The number of aromatic nitrogens is 2. The van der Waals surface area contributed by atoms with E-state index in [1.807, 2.05) is 6.07 Å². The summed E-state index contributed by atoms with van der Waals surface area (Å²) >= 11 is 6.26. The first kappa shape index (κ1) is 19.8. The molecule has 0 saturated heterocycles. The standard InChI is InChI=1S/C22H19ClN4O3/c23-19-5-4-17(27-22(29)14-3-6-20(26-10-14)13-1-2-13)7-16(19)12-30-18-8-15(21(24)28)9-25-11-18/h3-11,13H,1-2,12H2,(H2,24,28)(H,27,29). The van der Waals surface area contributed by atoms with Gasteiger partial charge < -0.3 is 15.8 Å². The maximum atomic E-state index is 12.5. The van der Waals surface area contributed by atoms with Gasteiger partial charge in [-0.3, -0.25) is 19.6 Å². The van der Waals surface area contributed by atoms with Crippen LogP contribution >= 0.6 is 11.6 Å². The topological polar surface area (TPSA) is 107 Å². The summed E-state index contributed by atoms with van der Waals surface area (Å²) in [4.78, 5) is 32.1. The molecule has 1 fully saturated rings. The van der Waals surface area contributed by atoms with E-state index < -0.39 is 5.91 Å². The van der Waals surface area contributed by atoms with Gasteiger partial charge in [-0.15, -0.1) is 0 Å². The molecule has 1 saturated carbocycles. The molecule has 2 amide bonds. The normalized spacial score (nSPS) is 13.0. The van der Waals surface area contributed by atoms with Gasteiger partial charge in [0, 0.05) is 40.3 Å². The lowest BCUT2D eigenvalue weighted by Crippen LogP contribution is -2.13. The maximum absolute atomic E-state index is 12.5. The zero-order valence-electron chi connectivity index (χ0n) is 16.0. The van der Waals surface area contributed by atoms with Gasteiger partial charge in [-0.2, -0.15) is 0 Å². The Morgan fingerprint density at radius 3 is 2.63 bits per heavy atom. The van der Waals surface area contributed by atoms with Gasteiger partial charge in [-0.1, -0.05) is 11.6 Å². The van der Waals surface area contributed by atoms with E-state index in [0.29, 0.717) is 33.5 Å². The molecule has 0 bridgehead atoms. The Balaban J connectivity index is 1.42. The number of nitrogens with one attached hydrogen (secondary N) is 1. The van der Waals surface area contributed by atoms with Crippen LogP contribution in [0.3, 0.4) is 0 Å². The SMILES string of the molecule is NC(=O)c1cncc(OCc2cc(NC(=O)c3ccc(C4CC4)nc3)ccc2Cl)c1. The molecule has 7 nitrogen and oxygen atoms in total. The summed E-state index contributed by atoms with van der Waals surface area (Å²) in [5, 5.41) is 3.33. The third-order valence-electron chi connectivity index (χ3n) is 4.74. The van der Waals surface area contributed by atoms with Crippen LogP contribution in [-0.4, -0.2) is 21.8 Å². The third-order valence-corrected chi connectivity index (χ3v) is 5.11. The van der Waals surface area contributed by atoms with Crippen LogP contribution in [0.25, 0.3) is 0 Å². The highest BCUT2D eigenvalue weighted by molar-refractivity contribution is 6.31. The van der Waals surface area contributed by atoms with Crippen molar-refractivity contribution < 1.29 is 14.3 Å². The monoisotopic (exact) mass is 422 g/mol. The van der Waals surface area contributed by atoms with Gasteiger partial charge in [0.2, 0.25) is 5.91 Å². The Morgan fingerprint density at radius 2 is 1.93 bits per heavy atom. The quantitative estimate of drug-likeness (QED) is 0.599. The minimum atomic E-state index is -0.588. The van der Waals surface area contributed by atoms with Crippen molar-refractivity contribution in [2.45, 2.75) is 25.4 Å². The smallest absolute Gasteiger partial charge is 0.257 e. The maximum Gasteiger partial charge on any atom is 0.257 e. The van der Waals surface area contributed by atoms with Crippen LogP contribution in [0.1, 0.15) is 50.7 Å². The van der Waals surface area contributed by atoms with Crippen molar-refractivity contribution in [1.82, 2.24) is 9.97 Å². The fraction of sp³-hybridized carbons (Fsp3) is 0.182. The molecule has 1 aromatic carbocycles. The molecule has 2 aromatic heterocycles. The Morgan fingerprint density at radius 1 is 1.10 bits per heavy atom. The molecular formula is C22H19ClN4O3. The van der Waals surface area contributed by atoms with Crippen LogP contribution in [0, 0.1) is 0 Å². The van der Waals surface area contributed by atoms with Crippen molar-refractivity contribution in [3.63, 3.8) is 0 Å². The van der Waals surface area contributed by atoms with Crippen LogP contribution in [0.15, 0.2) is 55.0 Å². The molecule has 1 aliphatic rings. The molecule has 1 aliphatic carbocycles. The third kappa shape index (κ3) is 4.75. The summed E-state index contributed by atoms with van der Waals surface area (Å²) in [5.74, 6) is 0.0891. The number of anilines is 1. The summed E-state index contributed by atoms with van der Waals surface area (Å²) in [6.45, 7) is 0.129. The van der Waals surface area contributed by atoms with E-state index in [1.165, 1.54) is 18.5 Å². The molecule has 3 N–H and O–H groups in total. The molecule has 0 spiro atoms. The number of halogens is 1. The van der Waals surface area contributed by atoms with E-state index in [1.54, 1.807) is 30.5 Å². The molecule has 0 unspecified atom stereocenters. The lowest BCUT2D eigenvalue weighted by Gasteiger charge is -2.11. The minimum absolute atomic E-state index is 0.129. The fourth-order valence-electron chi connectivity index (χ4n) is 2.92. The number of hydrogen-bond acceptors (Lipinski definition) is 5. The molecular weight excluding hydrogens is 404 g/mol. The van der Waals surface area contributed by atoms with Crippen LogP contribution in [0.2, 0.25) is 5.02 Å². The van der Waals surface area contributed by atoms with Gasteiger partial charge in [0.1, 0.15) is 12.4 Å². The number of nitrogens with zero attached hydrogens (tertiary/aromatic N) is 2. The second-order valence-corrected chi connectivity index (χ2v) is 7.48. The average Bonchev–Trinajstić information content (AvgIpc) is 3.60. The Bertz CT molecular complexity index is 1100. The van der Waals surface area contributed by atoms with E-state index in [-0.39, 0.29) is 18.1 Å². The largest absolute Gasteiger partial charge is 0.487 e. The second-order valence-electron chi connectivity index (χ2n) is 7.07. The molecule has 152 valence electrons. The average molecular weight is 423 g/mol. The van der Waals surface area contributed by atoms with Gasteiger partial charge in [0.15, 0.2) is 0 Å². The van der Waals surface area contributed by atoms with Crippen molar-refractivity contribution in [3.05, 3.63) is 82.4 Å². The first-order chi connectivity index (χ1) is 14.5. The number of pyridine rings is 2. The molecule has 3 aromatic rings. The number of carbonyl (C=O) groups is 2.